The van der Waals surface area contributed by atoms with Crippen LogP contribution in [-0.2, 0) is 4.74 Å². The van der Waals surface area contributed by atoms with Crippen molar-refractivity contribution >= 4 is 0 Å². The molecule has 0 aromatic heterocycles. The van der Waals surface area contributed by atoms with Crippen LogP contribution in [0.4, 0.5) is 4.39 Å². The Labute approximate surface area is 107 Å². The lowest BCUT2D eigenvalue weighted by atomic mass is 10.1. The monoisotopic (exact) mass is 253 g/mol. The van der Waals surface area contributed by atoms with Crippen LogP contribution in [0.3, 0.4) is 0 Å². The quantitative estimate of drug-likeness (QED) is 0.843. The van der Waals surface area contributed by atoms with Gasteiger partial charge in [-0.3, -0.25) is 0 Å². The van der Waals surface area contributed by atoms with Crippen molar-refractivity contribution in [2.45, 2.75) is 31.5 Å². The number of rotatable bonds is 5. The van der Waals surface area contributed by atoms with Crippen molar-refractivity contribution in [2.24, 2.45) is 0 Å². The van der Waals surface area contributed by atoms with Gasteiger partial charge in [0.15, 0.2) is 0 Å². The highest BCUT2D eigenvalue weighted by Gasteiger charge is 2.15. The molecule has 0 spiro atoms. The Morgan fingerprint density at radius 3 is 2.94 bits per heavy atom. The second-order valence-corrected chi connectivity index (χ2v) is 4.68. The van der Waals surface area contributed by atoms with Crippen LogP contribution in [0.2, 0.25) is 0 Å². The lowest BCUT2D eigenvalue weighted by Crippen LogP contribution is -2.34. The van der Waals surface area contributed by atoms with E-state index in [1.807, 2.05) is 0 Å². The van der Waals surface area contributed by atoms with Gasteiger partial charge in [-0.25, -0.2) is 4.39 Å². The largest absolute Gasteiger partial charge is 0.387 e. The first-order chi connectivity index (χ1) is 8.77. The minimum Gasteiger partial charge on any atom is -0.387 e. The van der Waals surface area contributed by atoms with Crippen molar-refractivity contribution in [3.8, 4) is 0 Å². The summed E-state index contributed by atoms with van der Waals surface area (Å²) in [5.74, 6) is -0.360. The number of hydrogen-bond donors (Lipinski definition) is 2. The van der Waals surface area contributed by atoms with Crippen LogP contribution in [0.25, 0.3) is 0 Å². The topological polar surface area (TPSA) is 41.5 Å². The third-order valence-electron chi connectivity index (χ3n) is 3.25. The molecule has 0 bridgehead atoms. The molecule has 1 aliphatic rings. The molecule has 2 rings (SSSR count). The zero-order valence-corrected chi connectivity index (χ0v) is 10.4. The first-order valence-corrected chi connectivity index (χ1v) is 6.52. The highest BCUT2D eigenvalue weighted by molar-refractivity contribution is 5.19. The highest BCUT2D eigenvalue weighted by atomic mass is 19.1. The molecule has 1 aromatic carbocycles. The average Bonchev–Trinajstić information content (AvgIpc) is 2.40. The minimum absolute atomic E-state index is 0.228. The molecule has 0 amide bonds. The van der Waals surface area contributed by atoms with E-state index in [1.54, 1.807) is 18.2 Å². The van der Waals surface area contributed by atoms with E-state index in [1.165, 1.54) is 12.5 Å². The van der Waals surface area contributed by atoms with Gasteiger partial charge in [0.25, 0.3) is 0 Å². The van der Waals surface area contributed by atoms with Crippen molar-refractivity contribution in [3.63, 3.8) is 0 Å². The summed E-state index contributed by atoms with van der Waals surface area (Å²) in [6.07, 6.45) is 2.81. The van der Waals surface area contributed by atoms with Crippen LogP contribution in [0, 0.1) is 5.82 Å². The molecule has 2 unspecified atom stereocenters. The fourth-order valence-electron chi connectivity index (χ4n) is 2.20. The van der Waals surface area contributed by atoms with E-state index in [-0.39, 0.29) is 11.9 Å². The summed E-state index contributed by atoms with van der Waals surface area (Å²) in [6.45, 7) is 1.88. The van der Waals surface area contributed by atoms with E-state index < -0.39 is 6.10 Å². The zero-order chi connectivity index (χ0) is 12.8. The average molecular weight is 253 g/mol. The van der Waals surface area contributed by atoms with E-state index in [4.69, 9.17) is 4.74 Å². The van der Waals surface area contributed by atoms with Gasteiger partial charge >= 0.3 is 0 Å². The zero-order valence-electron chi connectivity index (χ0n) is 10.4. The Kier molecular flexibility index (Phi) is 5.11. The molecule has 0 radical (unpaired) electrons. The number of aliphatic hydroxyl groups excluding tert-OH is 1. The molecule has 1 fully saturated rings. The van der Waals surface area contributed by atoms with Gasteiger partial charge < -0.3 is 15.2 Å². The molecule has 2 N–H and O–H groups in total. The third-order valence-corrected chi connectivity index (χ3v) is 3.25. The van der Waals surface area contributed by atoms with Crippen molar-refractivity contribution in [1.82, 2.24) is 5.32 Å². The van der Waals surface area contributed by atoms with E-state index in [9.17, 15) is 9.50 Å². The van der Waals surface area contributed by atoms with Gasteiger partial charge in [-0.15, -0.1) is 0 Å². The molecule has 0 aliphatic carbocycles. The van der Waals surface area contributed by atoms with Crippen molar-refractivity contribution < 1.29 is 14.2 Å². The predicted octanol–water partition coefficient (Wildman–Crippen LogP) is 2.02. The van der Waals surface area contributed by atoms with Crippen LogP contribution in [0.15, 0.2) is 24.3 Å². The van der Waals surface area contributed by atoms with Gasteiger partial charge in [-0.1, -0.05) is 18.2 Å². The van der Waals surface area contributed by atoms with Crippen molar-refractivity contribution in [1.29, 1.82) is 0 Å². The maximum Gasteiger partial charge on any atom is 0.129 e. The molecular weight excluding hydrogens is 233 g/mol. The normalized spacial score (nSPS) is 21.8. The number of benzene rings is 1. The number of aliphatic hydroxyl groups is 1. The SMILES string of the molecule is OC(CNCC1CCCCO1)c1ccccc1F. The van der Waals surface area contributed by atoms with Gasteiger partial charge in [0.1, 0.15) is 5.82 Å². The summed E-state index contributed by atoms with van der Waals surface area (Å²) in [4.78, 5) is 0. The van der Waals surface area contributed by atoms with Crippen LogP contribution in [0.1, 0.15) is 30.9 Å². The molecule has 2 atom stereocenters. The standard InChI is InChI=1S/C14H20FNO2/c15-13-7-2-1-6-12(13)14(17)10-16-9-11-5-3-4-8-18-11/h1-2,6-7,11,14,16-17H,3-5,8-10H2. The second-order valence-electron chi connectivity index (χ2n) is 4.68. The number of ether oxygens (including phenoxy) is 1. The molecule has 4 heteroatoms. The van der Waals surface area contributed by atoms with Crippen LogP contribution in [0.5, 0.6) is 0 Å². The number of halogens is 1. The molecule has 1 heterocycles. The molecule has 3 nitrogen and oxygen atoms in total. The first-order valence-electron chi connectivity index (χ1n) is 6.52. The van der Waals surface area contributed by atoms with Crippen LogP contribution < -0.4 is 5.32 Å². The lowest BCUT2D eigenvalue weighted by Gasteiger charge is -2.23. The molecule has 18 heavy (non-hydrogen) atoms. The maximum atomic E-state index is 13.4. The number of nitrogens with one attached hydrogen (secondary N) is 1. The Morgan fingerprint density at radius 1 is 1.39 bits per heavy atom. The molecule has 1 saturated heterocycles. The summed E-state index contributed by atoms with van der Waals surface area (Å²) < 4.78 is 19.0. The fraction of sp³-hybridized carbons (Fsp3) is 0.571. The Morgan fingerprint density at radius 2 is 2.22 bits per heavy atom. The Bertz CT molecular complexity index is 367. The van der Waals surface area contributed by atoms with Crippen molar-refractivity contribution in [2.75, 3.05) is 19.7 Å². The molecule has 1 aromatic rings. The van der Waals surface area contributed by atoms with Crippen molar-refractivity contribution in [3.05, 3.63) is 35.6 Å². The molecule has 1 aliphatic heterocycles. The van der Waals surface area contributed by atoms with E-state index in [0.29, 0.717) is 18.7 Å². The molecular formula is C14H20FNO2. The molecule has 100 valence electrons. The Balaban J connectivity index is 1.74. The summed E-state index contributed by atoms with van der Waals surface area (Å²) in [6, 6.07) is 6.32. The van der Waals surface area contributed by atoms with Gasteiger partial charge in [-0.2, -0.15) is 0 Å². The second kappa shape index (κ2) is 6.83. The van der Waals surface area contributed by atoms with E-state index in [2.05, 4.69) is 5.32 Å². The van der Waals surface area contributed by atoms with Crippen LogP contribution >= 0.6 is 0 Å². The smallest absolute Gasteiger partial charge is 0.129 e. The Hall–Kier alpha value is -0.970. The van der Waals surface area contributed by atoms with Gasteiger partial charge in [0.2, 0.25) is 0 Å². The predicted molar refractivity (Wildman–Crippen MR) is 67.8 cm³/mol. The van der Waals surface area contributed by atoms with Crippen LogP contribution in [-0.4, -0.2) is 30.9 Å². The fourth-order valence-corrected chi connectivity index (χ4v) is 2.20. The third kappa shape index (κ3) is 3.77. The van der Waals surface area contributed by atoms with E-state index >= 15 is 0 Å². The van der Waals surface area contributed by atoms with Gasteiger partial charge in [0, 0.05) is 25.3 Å². The summed E-state index contributed by atoms with van der Waals surface area (Å²) >= 11 is 0. The summed E-state index contributed by atoms with van der Waals surface area (Å²) in [5.41, 5.74) is 0.342. The summed E-state index contributed by atoms with van der Waals surface area (Å²) in [7, 11) is 0. The lowest BCUT2D eigenvalue weighted by molar-refractivity contribution is 0.0151. The van der Waals surface area contributed by atoms with Gasteiger partial charge in [-0.05, 0) is 25.3 Å². The summed E-state index contributed by atoms with van der Waals surface area (Å²) in [5, 5.41) is 13.0. The first kappa shape index (κ1) is 13.5. The number of hydrogen-bond acceptors (Lipinski definition) is 3. The molecule has 0 saturated carbocycles. The van der Waals surface area contributed by atoms with E-state index in [0.717, 1.165) is 19.4 Å². The van der Waals surface area contributed by atoms with Gasteiger partial charge in [0.05, 0.1) is 12.2 Å². The minimum atomic E-state index is -0.810. The maximum absolute atomic E-state index is 13.4. The highest BCUT2D eigenvalue weighted by Crippen LogP contribution is 2.16.